The predicted molar refractivity (Wildman–Crippen MR) is 91.7 cm³/mol. The van der Waals surface area contributed by atoms with E-state index in [2.05, 4.69) is 21.9 Å². The average molecular weight is 331 g/mol. The van der Waals surface area contributed by atoms with E-state index in [1.54, 1.807) is 12.3 Å². The Balaban J connectivity index is 1.66. The van der Waals surface area contributed by atoms with Crippen molar-refractivity contribution < 1.29 is 4.79 Å². The maximum absolute atomic E-state index is 11.9. The average Bonchev–Trinajstić information content (AvgIpc) is 2.59. The van der Waals surface area contributed by atoms with Crippen LogP contribution in [0.1, 0.15) is 24.5 Å². The summed E-state index contributed by atoms with van der Waals surface area (Å²) in [6.07, 6.45) is 5.12. The van der Waals surface area contributed by atoms with Gasteiger partial charge in [0.15, 0.2) is 5.65 Å². The highest BCUT2D eigenvalue weighted by atomic mass is 35.5. The molecule has 5 nitrogen and oxygen atoms in total. The second kappa shape index (κ2) is 6.96. The van der Waals surface area contributed by atoms with Gasteiger partial charge < -0.3 is 10.2 Å². The number of halogens is 1. The number of amides is 2. The summed E-state index contributed by atoms with van der Waals surface area (Å²) < 4.78 is 0. The predicted octanol–water partition coefficient (Wildman–Crippen LogP) is 3.36. The van der Waals surface area contributed by atoms with Gasteiger partial charge >= 0.3 is 6.03 Å². The van der Waals surface area contributed by atoms with Crippen LogP contribution in [0.3, 0.4) is 0 Å². The Hall–Kier alpha value is -2.14. The van der Waals surface area contributed by atoms with Crippen LogP contribution in [0.15, 0.2) is 37.1 Å². The minimum absolute atomic E-state index is 0.0221. The van der Waals surface area contributed by atoms with E-state index in [4.69, 9.17) is 11.6 Å². The van der Waals surface area contributed by atoms with Crippen molar-refractivity contribution in [1.29, 1.82) is 0 Å². The van der Waals surface area contributed by atoms with Gasteiger partial charge in [0.05, 0.1) is 5.02 Å². The van der Waals surface area contributed by atoms with Gasteiger partial charge in [0, 0.05) is 42.8 Å². The maximum Gasteiger partial charge on any atom is 0.317 e. The third-order valence-electron chi connectivity index (χ3n) is 4.13. The molecular formula is C17H19ClN4O. The zero-order valence-electron chi connectivity index (χ0n) is 12.8. The second-order valence-electron chi connectivity index (χ2n) is 5.67. The minimum atomic E-state index is -0.0221. The van der Waals surface area contributed by atoms with Crippen LogP contribution in [0.4, 0.5) is 4.79 Å². The van der Waals surface area contributed by atoms with E-state index < -0.39 is 0 Å². The highest BCUT2D eigenvalue weighted by Crippen LogP contribution is 2.28. The van der Waals surface area contributed by atoms with Gasteiger partial charge in [-0.2, -0.15) is 0 Å². The lowest BCUT2D eigenvalue weighted by atomic mass is 9.93. The van der Waals surface area contributed by atoms with Crippen molar-refractivity contribution in [2.75, 3.05) is 19.6 Å². The van der Waals surface area contributed by atoms with Crippen molar-refractivity contribution in [3.8, 4) is 0 Å². The number of rotatable bonds is 3. The summed E-state index contributed by atoms with van der Waals surface area (Å²) in [4.78, 5) is 22.7. The third-order valence-corrected chi connectivity index (χ3v) is 4.34. The third kappa shape index (κ3) is 3.62. The van der Waals surface area contributed by atoms with E-state index in [9.17, 15) is 4.79 Å². The number of nitrogens with zero attached hydrogens (tertiary/aromatic N) is 3. The smallest absolute Gasteiger partial charge is 0.317 e. The largest absolute Gasteiger partial charge is 0.335 e. The van der Waals surface area contributed by atoms with E-state index in [1.165, 1.54) is 0 Å². The van der Waals surface area contributed by atoms with Crippen LogP contribution < -0.4 is 5.32 Å². The summed E-state index contributed by atoms with van der Waals surface area (Å²) in [5, 5.41) is 4.38. The van der Waals surface area contributed by atoms with Crippen molar-refractivity contribution in [3.05, 3.63) is 47.8 Å². The van der Waals surface area contributed by atoms with Gasteiger partial charge in [-0.1, -0.05) is 17.7 Å². The van der Waals surface area contributed by atoms with Crippen molar-refractivity contribution in [2.24, 2.45) is 0 Å². The number of piperidine rings is 1. The molecule has 2 aromatic rings. The van der Waals surface area contributed by atoms with E-state index in [-0.39, 0.29) is 6.03 Å². The van der Waals surface area contributed by atoms with E-state index in [0.29, 0.717) is 17.5 Å². The standard InChI is InChI=1S/C17H19ClN4O/c1-2-7-19-17(23)22-8-5-12(6-9-22)15-4-3-13-10-14(18)11-20-16(13)21-15/h2-4,10-12H,1,5-9H2,(H,19,23). The first-order valence-corrected chi connectivity index (χ1v) is 8.11. The van der Waals surface area contributed by atoms with Crippen LogP contribution >= 0.6 is 11.6 Å². The fraction of sp³-hybridized carbons (Fsp3) is 0.353. The molecule has 23 heavy (non-hydrogen) atoms. The number of hydrogen-bond donors (Lipinski definition) is 1. The summed E-state index contributed by atoms with van der Waals surface area (Å²) in [6, 6.07) is 5.90. The molecular weight excluding hydrogens is 312 g/mol. The molecule has 0 atom stereocenters. The first kappa shape index (κ1) is 15.7. The van der Waals surface area contributed by atoms with Gasteiger partial charge in [-0.05, 0) is 31.0 Å². The molecule has 1 aliphatic heterocycles. The van der Waals surface area contributed by atoms with Crippen molar-refractivity contribution in [2.45, 2.75) is 18.8 Å². The van der Waals surface area contributed by atoms with Gasteiger partial charge in [0.25, 0.3) is 0 Å². The maximum atomic E-state index is 11.9. The second-order valence-corrected chi connectivity index (χ2v) is 6.11. The van der Waals surface area contributed by atoms with E-state index in [0.717, 1.165) is 42.7 Å². The van der Waals surface area contributed by atoms with Gasteiger partial charge in [0.2, 0.25) is 0 Å². The number of aromatic nitrogens is 2. The molecule has 2 amide bonds. The molecule has 1 saturated heterocycles. The molecule has 3 heterocycles. The number of fused-ring (bicyclic) bond motifs is 1. The lowest BCUT2D eigenvalue weighted by molar-refractivity contribution is 0.182. The highest BCUT2D eigenvalue weighted by molar-refractivity contribution is 6.31. The number of carbonyl (C=O) groups excluding carboxylic acids is 1. The first-order chi connectivity index (χ1) is 11.2. The molecule has 1 fully saturated rings. The quantitative estimate of drug-likeness (QED) is 0.878. The Labute approximate surface area is 140 Å². The van der Waals surface area contributed by atoms with E-state index >= 15 is 0 Å². The Morgan fingerprint density at radius 3 is 2.96 bits per heavy atom. The molecule has 0 radical (unpaired) electrons. The number of likely N-dealkylation sites (tertiary alicyclic amines) is 1. The van der Waals surface area contributed by atoms with Gasteiger partial charge in [-0.25, -0.2) is 14.8 Å². The van der Waals surface area contributed by atoms with Crippen LogP contribution in [0.25, 0.3) is 11.0 Å². The fourth-order valence-electron chi connectivity index (χ4n) is 2.88. The lowest BCUT2D eigenvalue weighted by Gasteiger charge is -2.31. The summed E-state index contributed by atoms with van der Waals surface area (Å²) in [5.41, 5.74) is 1.76. The lowest BCUT2D eigenvalue weighted by Crippen LogP contribution is -2.44. The minimum Gasteiger partial charge on any atom is -0.335 e. The zero-order valence-corrected chi connectivity index (χ0v) is 13.6. The molecule has 0 spiro atoms. The Kier molecular flexibility index (Phi) is 4.76. The van der Waals surface area contributed by atoms with Gasteiger partial charge in [-0.3, -0.25) is 0 Å². The fourth-order valence-corrected chi connectivity index (χ4v) is 3.04. The number of hydrogen-bond acceptors (Lipinski definition) is 3. The topological polar surface area (TPSA) is 58.1 Å². The summed E-state index contributed by atoms with van der Waals surface area (Å²) in [5.74, 6) is 0.361. The van der Waals surface area contributed by atoms with Crippen LogP contribution in [0, 0.1) is 0 Å². The number of urea groups is 1. The van der Waals surface area contributed by atoms with Crippen LogP contribution in [0.5, 0.6) is 0 Å². The first-order valence-electron chi connectivity index (χ1n) is 7.73. The van der Waals surface area contributed by atoms with Crippen molar-refractivity contribution in [3.63, 3.8) is 0 Å². The van der Waals surface area contributed by atoms with Crippen molar-refractivity contribution >= 4 is 28.7 Å². The van der Waals surface area contributed by atoms with E-state index in [1.807, 2.05) is 23.1 Å². The Morgan fingerprint density at radius 1 is 1.43 bits per heavy atom. The molecule has 0 aromatic carbocycles. The zero-order chi connectivity index (χ0) is 16.2. The molecule has 0 aliphatic carbocycles. The monoisotopic (exact) mass is 330 g/mol. The van der Waals surface area contributed by atoms with Gasteiger partial charge in [-0.15, -0.1) is 6.58 Å². The molecule has 3 rings (SSSR count). The van der Waals surface area contributed by atoms with Crippen LogP contribution in [-0.2, 0) is 0 Å². The molecule has 1 N–H and O–H groups in total. The summed E-state index contributed by atoms with van der Waals surface area (Å²) >= 11 is 5.95. The molecule has 0 unspecified atom stereocenters. The Morgan fingerprint density at radius 2 is 2.22 bits per heavy atom. The SMILES string of the molecule is C=CCNC(=O)N1CCC(c2ccc3cc(Cl)cnc3n2)CC1. The molecule has 2 aromatic heterocycles. The van der Waals surface area contributed by atoms with Crippen LogP contribution in [0.2, 0.25) is 5.02 Å². The molecule has 0 bridgehead atoms. The number of nitrogens with one attached hydrogen (secondary N) is 1. The highest BCUT2D eigenvalue weighted by Gasteiger charge is 2.24. The Bertz CT molecular complexity index is 726. The van der Waals surface area contributed by atoms with Gasteiger partial charge in [0.1, 0.15) is 0 Å². The number of pyridine rings is 2. The number of carbonyl (C=O) groups is 1. The summed E-state index contributed by atoms with van der Waals surface area (Å²) in [7, 11) is 0. The molecule has 6 heteroatoms. The normalized spacial score (nSPS) is 15.6. The molecule has 120 valence electrons. The molecule has 0 saturated carbocycles. The van der Waals surface area contributed by atoms with Crippen LogP contribution in [-0.4, -0.2) is 40.5 Å². The summed E-state index contributed by atoms with van der Waals surface area (Å²) in [6.45, 7) is 5.58. The van der Waals surface area contributed by atoms with Crippen molar-refractivity contribution in [1.82, 2.24) is 20.2 Å². The molecule has 1 aliphatic rings.